The fraction of sp³-hybridized carbons (Fsp3) is 0.0556. The molecule has 0 unspecified atom stereocenters. The van der Waals surface area contributed by atoms with Crippen molar-refractivity contribution in [1.82, 2.24) is 0 Å². The number of benzene rings is 2. The van der Waals surface area contributed by atoms with Crippen LogP contribution < -0.4 is 14.8 Å². The number of hydrogen-bond acceptors (Lipinski definition) is 5. The highest BCUT2D eigenvalue weighted by Gasteiger charge is 2.15. The molecule has 8 heteroatoms. The van der Waals surface area contributed by atoms with Gasteiger partial charge < -0.3 is 14.5 Å². The van der Waals surface area contributed by atoms with Gasteiger partial charge in [0.1, 0.15) is 5.75 Å². The number of rotatable bonds is 6. The fourth-order valence-electron chi connectivity index (χ4n) is 2.23. The van der Waals surface area contributed by atoms with Crippen LogP contribution >= 0.6 is 0 Å². The van der Waals surface area contributed by atoms with Crippen LogP contribution in [-0.4, -0.2) is 21.4 Å². The number of hydrogen-bond donors (Lipinski definition) is 2. The Kier molecular flexibility index (Phi) is 4.94. The van der Waals surface area contributed by atoms with E-state index >= 15 is 0 Å². The van der Waals surface area contributed by atoms with Gasteiger partial charge in [-0.1, -0.05) is 6.07 Å². The van der Waals surface area contributed by atoms with E-state index in [1.54, 1.807) is 36.4 Å². The lowest BCUT2D eigenvalue weighted by Crippen LogP contribution is -2.14. The first kappa shape index (κ1) is 17.6. The second-order valence-electron chi connectivity index (χ2n) is 5.29. The van der Waals surface area contributed by atoms with E-state index in [1.807, 2.05) is 0 Å². The van der Waals surface area contributed by atoms with E-state index in [1.165, 1.54) is 37.6 Å². The number of carbonyl (C=O) groups excluding carboxylic acids is 1. The van der Waals surface area contributed by atoms with Gasteiger partial charge in [0.05, 0.1) is 24.0 Å². The summed E-state index contributed by atoms with van der Waals surface area (Å²) < 4.78 is 37.5. The molecule has 2 N–H and O–H groups in total. The van der Waals surface area contributed by atoms with Crippen molar-refractivity contribution in [2.45, 2.75) is 4.90 Å². The summed E-state index contributed by atoms with van der Waals surface area (Å²) in [5.41, 5.74) is 0.749. The number of methoxy groups -OCH3 is 1. The van der Waals surface area contributed by atoms with Crippen LogP contribution in [0.15, 0.2) is 76.2 Å². The molecular formula is C18H16N2O5S. The van der Waals surface area contributed by atoms with Crippen LogP contribution in [0.25, 0.3) is 0 Å². The number of nitrogens with one attached hydrogen (secondary N) is 2. The van der Waals surface area contributed by atoms with Gasteiger partial charge in [-0.15, -0.1) is 0 Å². The number of furan rings is 1. The third-order valence-corrected chi connectivity index (χ3v) is 4.88. The SMILES string of the molecule is COc1ccc(S(=O)(=O)Nc2cccc(NC(=O)c3ccco3)c2)cc1. The monoisotopic (exact) mass is 372 g/mol. The van der Waals surface area contributed by atoms with E-state index in [-0.39, 0.29) is 10.7 Å². The van der Waals surface area contributed by atoms with Gasteiger partial charge in [-0.2, -0.15) is 0 Å². The van der Waals surface area contributed by atoms with Crippen LogP contribution in [0.5, 0.6) is 5.75 Å². The minimum atomic E-state index is -3.76. The summed E-state index contributed by atoms with van der Waals surface area (Å²) in [7, 11) is -2.26. The predicted octanol–water partition coefficient (Wildman–Crippen LogP) is 3.34. The maximum absolute atomic E-state index is 12.5. The maximum atomic E-state index is 12.5. The Morgan fingerprint density at radius 1 is 1.00 bits per heavy atom. The highest BCUT2D eigenvalue weighted by atomic mass is 32.2. The minimum absolute atomic E-state index is 0.100. The summed E-state index contributed by atoms with van der Waals surface area (Å²) in [5, 5.41) is 2.64. The average molecular weight is 372 g/mol. The summed E-state index contributed by atoms with van der Waals surface area (Å²) in [6, 6.07) is 15.5. The van der Waals surface area contributed by atoms with E-state index in [2.05, 4.69) is 10.0 Å². The summed E-state index contributed by atoms with van der Waals surface area (Å²) in [6.45, 7) is 0. The topological polar surface area (TPSA) is 97.6 Å². The first-order valence-electron chi connectivity index (χ1n) is 7.60. The molecule has 1 heterocycles. The molecule has 3 aromatic rings. The first-order valence-corrected chi connectivity index (χ1v) is 9.08. The summed E-state index contributed by atoms with van der Waals surface area (Å²) in [5.74, 6) is 0.297. The van der Waals surface area contributed by atoms with Crippen molar-refractivity contribution in [3.63, 3.8) is 0 Å². The van der Waals surface area contributed by atoms with Crippen molar-refractivity contribution in [3.8, 4) is 5.75 Å². The molecule has 0 aliphatic heterocycles. The van der Waals surface area contributed by atoms with Crippen LogP contribution in [0.3, 0.4) is 0 Å². The Balaban J connectivity index is 1.76. The Labute approximate surface area is 150 Å². The number of anilines is 2. The third kappa shape index (κ3) is 4.04. The van der Waals surface area contributed by atoms with E-state index in [0.29, 0.717) is 17.1 Å². The summed E-state index contributed by atoms with van der Waals surface area (Å²) >= 11 is 0. The third-order valence-electron chi connectivity index (χ3n) is 3.49. The molecule has 0 bridgehead atoms. The zero-order valence-electron chi connectivity index (χ0n) is 13.8. The normalized spacial score (nSPS) is 11.0. The maximum Gasteiger partial charge on any atom is 0.291 e. The second kappa shape index (κ2) is 7.32. The molecule has 0 saturated heterocycles. The smallest absolute Gasteiger partial charge is 0.291 e. The van der Waals surface area contributed by atoms with E-state index < -0.39 is 15.9 Å². The van der Waals surface area contributed by atoms with Gasteiger partial charge in [0, 0.05) is 5.69 Å². The Hall–Kier alpha value is -3.26. The van der Waals surface area contributed by atoms with Gasteiger partial charge >= 0.3 is 0 Å². The molecule has 26 heavy (non-hydrogen) atoms. The quantitative estimate of drug-likeness (QED) is 0.692. The number of carbonyl (C=O) groups is 1. The molecule has 3 rings (SSSR count). The van der Waals surface area contributed by atoms with Crippen LogP contribution in [0, 0.1) is 0 Å². The van der Waals surface area contributed by atoms with Crippen molar-refractivity contribution in [1.29, 1.82) is 0 Å². The van der Waals surface area contributed by atoms with Crippen LogP contribution in [0.2, 0.25) is 0 Å². The number of amides is 1. The van der Waals surface area contributed by atoms with Crippen molar-refractivity contribution in [2.75, 3.05) is 17.1 Å². The van der Waals surface area contributed by atoms with E-state index in [9.17, 15) is 13.2 Å². The predicted molar refractivity (Wildman–Crippen MR) is 96.9 cm³/mol. The lowest BCUT2D eigenvalue weighted by molar-refractivity contribution is 0.0996. The standard InChI is InChI=1S/C18H16N2O5S/c1-24-15-7-9-16(10-8-15)26(22,23)20-14-5-2-4-13(12-14)19-18(21)17-6-3-11-25-17/h2-12,20H,1H3,(H,19,21). The molecule has 0 aliphatic carbocycles. The molecule has 2 aromatic carbocycles. The highest BCUT2D eigenvalue weighted by Crippen LogP contribution is 2.21. The van der Waals surface area contributed by atoms with E-state index in [4.69, 9.17) is 9.15 Å². The lowest BCUT2D eigenvalue weighted by Gasteiger charge is -2.10. The molecule has 0 spiro atoms. The summed E-state index contributed by atoms with van der Waals surface area (Å²) in [6.07, 6.45) is 1.40. The highest BCUT2D eigenvalue weighted by molar-refractivity contribution is 7.92. The van der Waals surface area contributed by atoms with Gasteiger partial charge in [0.15, 0.2) is 5.76 Å². The first-order chi connectivity index (χ1) is 12.5. The molecule has 1 amide bonds. The second-order valence-corrected chi connectivity index (χ2v) is 6.98. The largest absolute Gasteiger partial charge is 0.497 e. The summed E-state index contributed by atoms with van der Waals surface area (Å²) in [4.78, 5) is 12.1. The van der Waals surface area contributed by atoms with Gasteiger partial charge in [0.2, 0.25) is 0 Å². The lowest BCUT2D eigenvalue weighted by atomic mass is 10.3. The van der Waals surface area contributed by atoms with Crippen LogP contribution in [0.1, 0.15) is 10.6 Å². The average Bonchev–Trinajstić information content (AvgIpc) is 3.16. The molecule has 134 valence electrons. The molecule has 1 aromatic heterocycles. The zero-order valence-corrected chi connectivity index (χ0v) is 14.6. The Morgan fingerprint density at radius 2 is 1.73 bits per heavy atom. The molecule has 0 radical (unpaired) electrons. The molecule has 7 nitrogen and oxygen atoms in total. The zero-order chi connectivity index (χ0) is 18.6. The molecular weight excluding hydrogens is 356 g/mol. The van der Waals surface area contributed by atoms with Gasteiger partial charge in [-0.3, -0.25) is 9.52 Å². The van der Waals surface area contributed by atoms with Gasteiger partial charge in [0.25, 0.3) is 15.9 Å². The molecule has 0 atom stereocenters. The Morgan fingerprint density at radius 3 is 2.38 bits per heavy atom. The van der Waals surface area contributed by atoms with Gasteiger partial charge in [-0.05, 0) is 54.6 Å². The Bertz CT molecular complexity index is 996. The van der Waals surface area contributed by atoms with Crippen LogP contribution in [-0.2, 0) is 10.0 Å². The van der Waals surface area contributed by atoms with Crippen molar-refractivity contribution >= 4 is 27.3 Å². The van der Waals surface area contributed by atoms with Crippen molar-refractivity contribution < 1.29 is 22.4 Å². The van der Waals surface area contributed by atoms with Crippen molar-refractivity contribution in [3.05, 3.63) is 72.7 Å². The fourth-order valence-corrected chi connectivity index (χ4v) is 3.28. The van der Waals surface area contributed by atoms with Gasteiger partial charge in [-0.25, -0.2) is 8.42 Å². The minimum Gasteiger partial charge on any atom is -0.497 e. The molecule has 0 saturated carbocycles. The van der Waals surface area contributed by atoms with Crippen molar-refractivity contribution in [2.24, 2.45) is 0 Å². The van der Waals surface area contributed by atoms with E-state index in [0.717, 1.165) is 0 Å². The molecule has 0 fully saturated rings. The number of ether oxygens (including phenoxy) is 1. The molecule has 0 aliphatic rings. The van der Waals surface area contributed by atoms with Crippen LogP contribution in [0.4, 0.5) is 11.4 Å². The number of sulfonamides is 1.